The van der Waals surface area contributed by atoms with Gasteiger partial charge in [0.2, 0.25) is 0 Å². The summed E-state index contributed by atoms with van der Waals surface area (Å²) in [5.41, 5.74) is 2.94. The molecule has 1 aliphatic rings. The molecule has 2 aromatic rings. The van der Waals surface area contributed by atoms with Gasteiger partial charge >= 0.3 is 5.97 Å². The van der Waals surface area contributed by atoms with Crippen molar-refractivity contribution in [2.75, 3.05) is 6.67 Å². The summed E-state index contributed by atoms with van der Waals surface area (Å²) in [7, 11) is 0. The van der Waals surface area contributed by atoms with Crippen LogP contribution in [-0.2, 0) is 19.2 Å². The van der Waals surface area contributed by atoms with Gasteiger partial charge in [-0.1, -0.05) is 38.1 Å². The van der Waals surface area contributed by atoms with Crippen molar-refractivity contribution >= 4 is 34.3 Å². The number of hydrogen-bond acceptors (Lipinski definition) is 6. The summed E-state index contributed by atoms with van der Waals surface area (Å²) in [6, 6.07) is 9.72. The molecule has 3 N–H and O–H groups in total. The molecule has 30 heavy (non-hydrogen) atoms. The molecule has 2 atom stereocenters. The lowest BCUT2D eigenvalue weighted by atomic mass is 9.88. The fraction of sp³-hybridized carbons (Fsp3) is 0.333. The monoisotopic (exact) mass is 415 g/mol. The van der Waals surface area contributed by atoms with Crippen molar-refractivity contribution in [2.24, 2.45) is 5.92 Å². The highest BCUT2D eigenvalue weighted by Gasteiger charge is 2.47. The summed E-state index contributed by atoms with van der Waals surface area (Å²) >= 11 is 0. The van der Waals surface area contributed by atoms with E-state index in [2.05, 4.69) is 15.8 Å². The largest absolute Gasteiger partial charge is 0.481 e. The van der Waals surface area contributed by atoms with Crippen LogP contribution in [0.5, 0.6) is 0 Å². The van der Waals surface area contributed by atoms with Crippen molar-refractivity contribution in [3.05, 3.63) is 48.2 Å². The summed E-state index contributed by atoms with van der Waals surface area (Å²) in [5.74, 6) is -3.48. The number of nitrogens with one attached hydrogen (secondary N) is 2. The van der Waals surface area contributed by atoms with Crippen LogP contribution < -0.4 is 10.8 Å². The predicted molar refractivity (Wildman–Crippen MR) is 107 cm³/mol. The average molecular weight is 415 g/mol. The second-order valence-corrected chi connectivity index (χ2v) is 7.32. The number of Topliss-reactive ketones (excluding diaryl/α,β-unsaturated/α-hetero) is 1. The molecule has 1 unspecified atom stereocenters. The molecule has 8 nitrogen and oxygen atoms in total. The minimum absolute atomic E-state index is 0.395. The lowest BCUT2D eigenvalue weighted by Crippen LogP contribution is -2.55. The quantitative estimate of drug-likeness (QED) is 0.604. The standard InChI is InChI=1S/C21H22FN3O5/c1-12(2)21(20(29)24-16(9-19(27)28)18(26)11-22)10-17(25-30-21)15-8-7-13-5-3-4-6-14(13)23-15/h3-8,10,12,16,25H,9,11H2,1-2H3,(H,24,29)(H,27,28)/t16?,21-/m1/s1. The van der Waals surface area contributed by atoms with Crippen LogP contribution in [0.3, 0.4) is 0 Å². The Kier molecular flexibility index (Phi) is 6.12. The highest BCUT2D eigenvalue weighted by molar-refractivity contribution is 5.97. The van der Waals surface area contributed by atoms with Crippen molar-refractivity contribution in [1.82, 2.24) is 15.8 Å². The van der Waals surface area contributed by atoms with Gasteiger partial charge in [0.15, 0.2) is 11.4 Å². The van der Waals surface area contributed by atoms with Gasteiger partial charge < -0.3 is 10.4 Å². The summed E-state index contributed by atoms with van der Waals surface area (Å²) in [6.07, 6.45) is 0.820. The number of rotatable bonds is 8. The molecule has 1 aromatic heterocycles. The number of pyridine rings is 1. The first-order valence-electron chi connectivity index (χ1n) is 9.41. The predicted octanol–water partition coefficient (Wildman–Crippen LogP) is 2.00. The maximum Gasteiger partial charge on any atom is 0.305 e. The number of aliphatic carboxylic acids is 1. The molecule has 0 bridgehead atoms. The fourth-order valence-electron chi connectivity index (χ4n) is 3.20. The molecule has 0 fully saturated rings. The first-order chi connectivity index (χ1) is 14.3. The van der Waals surface area contributed by atoms with Gasteiger partial charge in [0.1, 0.15) is 12.7 Å². The van der Waals surface area contributed by atoms with Crippen molar-refractivity contribution in [2.45, 2.75) is 31.9 Å². The Morgan fingerprint density at radius 2 is 1.97 bits per heavy atom. The molecule has 158 valence electrons. The minimum Gasteiger partial charge on any atom is -0.481 e. The van der Waals surface area contributed by atoms with Crippen LogP contribution in [0.15, 0.2) is 42.5 Å². The van der Waals surface area contributed by atoms with Crippen LogP contribution in [0.2, 0.25) is 0 Å². The third-order valence-corrected chi connectivity index (χ3v) is 4.98. The summed E-state index contributed by atoms with van der Waals surface area (Å²) in [4.78, 5) is 45.9. The van der Waals surface area contributed by atoms with Gasteiger partial charge in [0, 0.05) is 5.39 Å². The number of carbonyl (C=O) groups excluding carboxylic acids is 2. The van der Waals surface area contributed by atoms with Crippen LogP contribution in [-0.4, -0.2) is 46.1 Å². The van der Waals surface area contributed by atoms with Gasteiger partial charge in [-0.05, 0) is 24.1 Å². The Labute approximate surface area is 172 Å². The van der Waals surface area contributed by atoms with Crippen LogP contribution in [0.1, 0.15) is 26.0 Å². The molecule has 2 heterocycles. The minimum atomic E-state index is -1.53. The number of carbonyl (C=O) groups is 3. The van der Waals surface area contributed by atoms with Gasteiger partial charge in [-0.25, -0.2) is 9.37 Å². The maximum atomic E-state index is 13.0. The van der Waals surface area contributed by atoms with Gasteiger partial charge in [0.05, 0.1) is 23.3 Å². The molecule has 0 saturated carbocycles. The Morgan fingerprint density at radius 1 is 1.23 bits per heavy atom. The van der Waals surface area contributed by atoms with E-state index >= 15 is 0 Å². The van der Waals surface area contributed by atoms with E-state index in [4.69, 9.17) is 9.94 Å². The number of para-hydroxylation sites is 1. The van der Waals surface area contributed by atoms with E-state index in [-0.39, 0.29) is 0 Å². The van der Waals surface area contributed by atoms with Crippen molar-refractivity contribution in [1.29, 1.82) is 0 Å². The highest BCUT2D eigenvalue weighted by Crippen LogP contribution is 2.32. The fourth-order valence-corrected chi connectivity index (χ4v) is 3.20. The van der Waals surface area contributed by atoms with E-state index in [1.165, 1.54) is 0 Å². The Morgan fingerprint density at radius 3 is 2.63 bits per heavy atom. The lowest BCUT2D eigenvalue weighted by Gasteiger charge is -2.29. The van der Waals surface area contributed by atoms with Gasteiger partial charge in [0.25, 0.3) is 5.91 Å². The molecule has 0 radical (unpaired) electrons. The van der Waals surface area contributed by atoms with E-state index in [9.17, 15) is 18.8 Å². The molecular formula is C21H22FN3O5. The second kappa shape index (κ2) is 8.58. The second-order valence-electron chi connectivity index (χ2n) is 7.32. The summed E-state index contributed by atoms with van der Waals surface area (Å²) in [5, 5.41) is 12.2. The number of fused-ring (bicyclic) bond motifs is 1. The number of halogens is 1. The van der Waals surface area contributed by atoms with Gasteiger partial charge in [-0.2, -0.15) is 0 Å². The number of amides is 1. The normalized spacial score (nSPS) is 19.3. The van der Waals surface area contributed by atoms with E-state index in [0.29, 0.717) is 11.4 Å². The number of aromatic nitrogens is 1. The van der Waals surface area contributed by atoms with Crippen LogP contribution in [0.25, 0.3) is 16.6 Å². The van der Waals surface area contributed by atoms with Gasteiger partial charge in [-0.15, -0.1) is 0 Å². The number of hydrogen-bond donors (Lipinski definition) is 3. The molecular weight excluding hydrogens is 393 g/mol. The number of carboxylic acid groups (broad SMARTS) is 1. The molecule has 0 spiro atoms. The summed E-state index contributed by atoms with van der Waals surface area (Å²) in [6.45, 7) is 2.09. The third kappa shape index (κ3) is 4.16. The van der Waals surface area contributed by atoms with E-state index in [0.717, 1.165) is 10.9 Å². The molecule has 1 aliphatic heterocycles. The van der Waals surface area contributed by atoms with E-state index in [1.807, 2.05) is 30.3 Å². The van der Waals surface area contributed by atoms with Gasteiger partial charge in [-0.3, -0.25) is 24.7 Å². The molecule has 0 aliphatic carbocycles. The zero-order valence-corrected chi connectivity index (χ0v) is 16.5. The summed E-state index contributed by atoms with van der Waals surface area (Å²) < 4.78 is 12.8. The number of hydroxylamine groups is 1. The molecule has 3 rings (SSSR count). The Bertz CT molecular complexity index is 1020. The number of carboxylic acids is 1. The molecule has 0 saturated heterocycles. The Balaban J connectivity index is 1.91. The lowest BCUT2D eigenvalue weighted by molar-refractivity contribution is -0.152. The van der Waals surface area contributed by atoms with E-state index < -0.39 is 48.3 Å². The van der Waals surface area contributed by atoms with Crippen LogP contribution in [0.4, 0.5) is 4.39 Å². The number of alkyl halides is 1. The molecule has 1 amide bonds. The van der Waals surface area contributed by atoms with Crippen molar-refractivity contribution in [3.8, 4) is 0 Å². The topological polar surface area (TPSA) is 118 Å². The van der Waals surface area contributed by atoms with Crippen LogP contribution in [0, 0.1) is 5.92 Å². The zero-order valence-electron chi connectivity index (χ0n) is 16.5. The first kappa shape index (κ1) is 21.4. The molecule has 1 aromatic carbocycles. The highest BCUT2D eigenvalue weighted by atomic mass is 19.1. The molecule has 9 heteroatoms. The van der Waals surface area contributed by atoms with Crippen molar-refractivity contribution in [3.63, 3.8) is 0 Å². The number of ketones is 1. The zero-order chi connectivity index (χ0) is 21.9. The van der Waals surface area contributed by atoms with Crippen molar-refractivity contribution < 1.29 is 28.7 Å². The number of benzene rings is 1. The number of nitrogens with zero attached hydrogens (tertiary/aromatic N) is 1. The van der Waals surface area contributed by atoms with E-state index in [1.54, 1.807) is 26.0 Å². The smallest absolute Gasteiger partial charge is 0.305 e. The Hall–Kier alpha value is -3.33. The van der Waals surface area contributed by atoms with Crippen LogP contribution >= 0.6 is 0 Å². The maximum absolute atomic E-state index is 13.0. The average Bonchev–Trinajstić information content (AvgIpc) is 3.19. The third-order valence-electron chi connectivity index (χ3n) is 4.98. The first-order valence-corrected chi connectivity index (χ1v) is 9.41. The SMILES string of the molecule is CC(C)[C@@]1(C(=O)NC(CC(=O)O)C(=O)CF)C=C(c2ccc3ccccc3n2)NO1.